The van der Waals surface area contributed by atoms with Crippen molar-refractivity contribution in [3.63, 3.8) is 0 Å². The smallest absolute Gasteiger partial charge is 0.248 e. The lowest BCUT2D eigenvalue weighted by molar-refractivity contribution is -0.112. The molecular weight excluding hydrogens is 216 g/mol. The molecule has 1 amide bonds. The Balaban J connectivity index is 2.60. The number of nitrogens with zero attached hydrogens (tertiary/aromatic N) is 1. The molecule has 0 bridgehead atoms. The van der Waals surface area contributed by atoms with Crippen LogP contribution in [0.1, 0.15) is 6.92 Å². The summed E-state index contributed by atoms with van der Waals surface area (Å²) in [6.45, 7) is 1.59. The van der Waals surface area contributed by atoms with Crippen LogP contribution in [0.5, 0.6) is 0 Å². The predicted molar refractivity (Wildman–Crippen MR) is 70.2 cm³/mol. The lowest BCUT2D eigenvalue weighted by Gasteiger charge is -2.12. The molecule has 1 atom stereocenters. The van der Waals surface area contributed by atoms with Crippen LogP contribution in [0, 0.1) is 0 Å². The Bertz CT molecular complexity index is 394. The molecule has 0 aliphatic carbocycles. The van der Waals surface area contributed by atoms with Crippen molar-refractivity contribution in [3.8, 4) is 0 Å². The fourth-order valence-corrected chi connectivity index (χ4v) is 1.25. The Hall–Kier alpha value is -1.81. The first-order chi connectivity index (χ1) is 7.99. The molecule has 17 heavy (non-hydrogen) atoms. The van der Waals surface area contributed by atoms with E-state index in [9.17, 15) is 4.79 Å². The number of amides is 1. The van der Waals surface area contributed by atoms with Gasteiger partial charge in [-0.3, -0.25) is 4.79 Å². The van der Waals surface area contributed by atoms with Gasteiger partial charge in [0, 0.05) is 31.5 Å². The number of hydrogen-bond acceptors (Lipinski definition) is 3. The van der Waals surface area contributed by atoms with Crippen molar-refractivity contribution in [2.24, 2.45) is 0 Å². The molecule has 4 heteroatoms. The first-order valence-corrected chi connectivity index (χ1v) is 5.43. The molecule has 1 unspecified atom stereocenters. The van der Waals surface area contributed by atoms with Crippen LogP contribution in [0.4, 0.5) is 11.4 Å². The molecule has 0 radical (unpaired) electrons. The van der Waals surface area contributed by atoms with E-state index in [-0.39, 0.29) is 5.91 Å². The SMILES string of the molecule is CC(O)/C=C/C(=O)Nc1ccc(N(C)C)cc1. The second kappa shape index (κ2) is 6.06. The lowest BCUT2D eigenvalue weighted by atomic mass is 10.2. The van der Waals surface area contributed by atoms with E-state index in [1.807, 2.05) is 43.3 Å². The van der Waals surface area contributed by atoms with Gasteiger partial charge in [-0.15, -0.1) is 0 Å². The van der Waals surface area contributed by atoms with E-state index in [4.69, 9.17) is 5.11 Å². The number of benzene rings is 1. The van der Waals surface area contributed by atoms with Crippen molar-refractivity contribution >= 4 is 17.3 Å². The van der Waals surface area contributed by atoms with Gasteiger partial charge in [-0.25, -0.2) is 0 Å². The highest BCUT2D eigenvalue weighted by atomic mass is 16.3. The highest BCUT2D eigenvalue weighted by Crippen LogP contribution is 2.15. The third-order valence-electron chi connectivity index (χ3n) is 2.18. The Labute approximate surface area is 102 Å². The van der Waals surface area contributed by atoms with Crippen molar-refractivity contribution in [3.05, 3.63) is 36.4 Å². The van der Waals surface area contributed by atoms with Gasteiger partial charge in [0.15, 0.2) is 0 Å². The van der Waals surface area contributed by atoms with Crippen molar-refractivity contribution in [1.82, 2.24) is 0 Å². The summed E-state index contributed by atoms with van der Waals surface area (Å²) in [6.07, 6.45) is 2.14. The maximum Gasteiger partial charge on any atom is 0.248 e. The lowest BCUT2D eigenvalue weighted by Crippen LogP contribution is -2.10. The number of rotatable bonds is 4. The Kier molecular flexibility index (Phi) is 4.72. The molecule has 1 aromatic rings. The summed E-state index contributed by atoms with van der Waals surface area (Å²) in [5.41, 5.74) is 1.80. The summed E-state index contributed by atoms with van der Waals surface area (Å²) in [7, 11) is 3.91. The highest BCUT2D eigenvalue weighted by molar-refractivity contribution is 5.99. The minimum Gasteiger partial charge on any atom is -0.389 e. The first-order valence-electron chi connectivity index (χ1n) is 5.43. The fraction of sp³-hybridized carbons (Fsp3) is 0.308. The van der Waals surface area contributed by atoms with Crippen LogP contribution in [0.15, 0.2) is 36.4 Å². The van der Waals surface area contributed by atoms with Gasteiger partial charge in [0.25, 0.3) is 0 Å². The largest absolute Gasteiger partial charge is 0.389 e. The maximum absolute atomic E-state index is 11.4. The summed E-state index contributed by atoms with van der Waals surface area (Å²) in [5, 5.41) is 11.7. The van der Waals surface area contributed by atoms with Crippen molar-refractivity contribution in [2.45, 2.75) is 13.0 Å². The highest BCUT2D eigenvalue weighted by Gasteiger charge is 1.99. The van der Waals surface area contributed by atoms with Crippen LogP contribution in [0.25, 0.3) is 0 Å². The topological polar surface area (TPSA) is 52.6 Å². The summed E-state index contributed by atoms with van der Waals surface area (Å²) in [6, 6.07) is 7.52. The molecule has 92 valence electrons. The molecule has 0 saturated carbocycles. The Morgan fingerprint density at radius 1 is 1.35 bits per heavy atom. The Morgan fingerprint density at radius 2 is 1.94 bits per heavy atom. The second-order valence-electron chi connectivity index (χ2n) is 4.03. The van der Waals surface area contributed by atoms with Crippen LogP contribution in [0.3, 0.4) is 0 Å². The van der Waals surface area contributed by atoms with Crippen LogP contribution >= 0.6 is 0 Å². The van der Waals surface area contributed by atoms with E-state index < -0.39 is 6.10 Å². The normalized spacial score (nSPS) is 12.5. The van der Waals surface area contributed by atoms with Gasteiger partial charge < -0.3 is 15.3 Å². The van der Waals surface area contributed by atoms with Gasteiger partial charge in [-0.2, -0.15) is 0 Å². The van der Waals surface area contributed by atoms with E-state index in [2.05, 4.69) is 5.32 Å². The predicted octanol–water partition coefficient (Wildman–Crippen LogP) is 1.63. The average molecular weight is 234 g/mol. The molecule has 0 aliphatic heterocycles. The molecule has 0 heterocycles. The minimum absolute atomic E-state index is 0.247. The number of carbonyl (C=O) groups is 1. The van der Waals surface area contributed by atoms with Gasteiger partial charge in [-0.05, 0) is 31.2 Å². The van der Waals surface area contributed by atoms with Gasteiger partial charge in [0.05, 0.1) is 6.10 Å². The number of anilines is 2. The van der Waals surface area contributed by atoms with E-state index in [0.717, 1.165) is 11.4 Å². The number of hydrogen-bond donors (Lipinski definition) is 2. The molecular formula is C13H18N2O2. The Morgan fingerprint density at radius 3 is 2.41 bits per heavy atom. The number of aliphatic hydroxyl groups excluding tert-OH is 1. The minimum atomic E-state index is -0.614. The first kappa shape index (κ1) is 13.3. The van der Waals surface area contributed by atoms with Crippen molar-refractivity contribution in [1.29, 1.82) is 0 Å². The fourth-order valence-electron chi connectivity index (χ4n) is 1.25. The van der Waals surface area contributed by atoms with Crippen LogP contribution in [0.2, 0.25) is 0 Å². The van der Waals surface area contributed by atoms with E-state index in [0.29, 0.717) is 0 Å². The zero-order valence-corrected chi connectivity index (χ0v) is 10.3. The van der Waals surface area contributed by atoms with Gasteiger partial charge in [0.1, 0.15) is 0 Å². The average Bonchev–Trinajstić information content (AvgIpc) is 2.27. The number of aliphatic hydroxyl groups is 1. The third kappa shape index (κ3) is 4.70. The van der Waals surface area contributed by atoms with Gasteiger partial charge >= 0.3 is 0 Å². The molecule has 4 nitrogen and oxygen atoms in total. The van der Waals surface area contributed by atoms with Crippen LogP contribution in [-0.4, -0.2) is 31.2 Å². The van der Waals surface area contributed by atoms with E-state index in [1.54, 1.807) is 6.92 Å². The van der Waals surface area contributed by atoms with Gasteiger partial charge in [-0.1, -0.05) is 6.08 Å². The zero-order chi connectivity index (χ0) is 12.8. The number of nitrogens with one attached hydrogen (secondary N) is 1. The molecule has 2 N–H and O–H groups in total. The maximum atomic E-state index is 11.4. The monoisotopic (exact) mass is 234 g/mol. The molecule has 0 spiro atoms. The molecule has 0 aromatic heterocycles. The van der Waals surface area contributed by atoms with Crippen molar-refractivity contribution < 1.29 is 9.90 Å². The van der Waals surface area contributed by atoms with Crippen LogP contribution < -0.4 is 10.2 Å². The molecule has 0 aliphatic rings. The number of carbonyl (C=O) groups excluding carboxylic acids is 1. The van der Waals surface area contributed by atoms with Gasteiger partial charge in [0.2, 0.25) is 5.91 Å². The van der Waals surface area contributed by atoms with E-state index >= 15 is 0 Å². The van der Waals surface area contributed by atoms with Crippen molar-refractivity contribution in [2.75, 3.05) is 24.3 Å². The second-order valence-corrected chi connectivity index (χ2v) is 4.03. The quantitative estimate of drug-likeness (QED) is 0.778. The summed E-state index contributed by atoms with van der Waals surface area (Å²) >= 11 is 0. The van der Waals surface area contributed by atoms with E-state index in [1.165, 1.54) is 12.2 Å². The summed E-state index contributed by atoms with van der Waals surface area (Å²) in [4.78, 5) is 13.4. The molecule has 1 aromatic carbocycles. The summed E-state index contributed by atoms with van der Waals surface area (Å²) in [5.74, 6) is -0.247. The van der Waals surface area contributed by atoms with Crippen LogP contribution in [-0.2, 0) is 4.79 Å². The standard InChI is InChI=1S/C13H18N2O2/c1-10(16)4-9-13(17)14-11-5-7-12(8-6-11)15(2)3/h4-10,16H,1-3H3,(H,14,17)/b9-4+. The molecule has 1 rings (SSSR count). The zero-order valence-electron chi connectivity index (χ0n) is 10.3. The molecule has 0 fully saturated rings. The third-order valence-corrected chi connectivity index (χ3v) is 2.18. The molecule has 0 saturated heterocycles. The summed E-state index contributed by atoms with van der Waals surface area (Å²) < 4.78 is 0.